The van der Waals surface area contributed by atoms with Crippen molar-refractivity contribution < 1.29 is 18.0 Å². The predicted molar refractivity (Wildman–Crippen MR) is 152 cm³/mol. The Balaban J connectivity index is 1.97. The number of nitrogens with zero attached hydrogens (tertiary/aromatic N) is 2. The van der Waals surface area contributed by atoms with Crippen LogP contribution in [0.5, 0.6) is 0 Å². The van der Waals surface area contributed by atoms with Gasteiger partial charge in [-0.1, -0.05) is 59.6 Å². The zero-order chi connectivity index (χ0) is 27.9. The van der Waals surface area contributed by atoms with Gasteiger partial charge in [0.2, 0.25) is 11.8 Å². The molecule has 0 aromatic heterocycles. The molecule has 0 unspecified atom stereocenters. The summed E-state index contributed by atoms with van der Waals surface area (Å²) in [5, 5.41) is 3.29. The van der Waals surface area contributed by atoms with Crippen LogP contribution < -0.4 is 9.62 Å². The van der Waals surface area contributed by atoms with E-state index in [9.17, 15) is 18.0 Å². The van der Waals surface area contributed by atoms with Crippen LogP contribution in [0.2, 0.25) is 5.02 Å². The summed E-state index contributed by atoms with van der Waals surface area (Å²) in [5.74, 6) is -0.793. The van der Waals surface area contributed by atoms with E-state index in [1.807, 2.05) is 51.1 Å². The number of aryl methyl sites for hydroxylation is 1. The van der Waals surface area contributed by atoms with Gasteiger partial charge in [0.1, 0.15) is 12.6 Å². The topological polar surface area (TPSA) is 86.8 Å². The molecule has 0 saturated carbocycles. The summed E-state index contributed by atoms with van der Waals surface area (Å²) in [6.07, 6.45) is 0.511. The van der Waals surface area contributed by atoms with Crippen molar-refractivity contribution in [2.24, 2.45) is 0 Å². The predicted octanol–water partition coefficient (Wildman–Crippen LogP) is 4.83. The van der Waals surface area contributed by atoms with Gasteiger partial charge in [-0.2, -0.15) is 0 Å². The van der Waals surface area contributed by atoms with Crippen LogP contribution in [0.3, 0.4) is 0 Å². The van der Waals surface area contributed by atoms with Gasteiger partial charge in [0.15, 0.2) is 0 Å². The van der Waals surface area contributed by atoms with Crippen LogP contribution >= 0.6 is 11.6 Å². The molecule has 0 aliphatic heterocycles. The van der Waals surface area contributed by atoms with E-state index < -0.39 is 28.5 Å². The SMILES string of the molecule is Cc1ccc(S(=O)(=O)N(CC(=O)N(CCc2ccccc2)[C@H](C)C(=O)NC(C)C)c2ccc(Cl)cc2)cc1. The van der Waals surface area contributed by atoms with Crippen LogP contribution in [-0.4, -0.2) is 50.3 Å². The van der Waals surface area contributed by atoms with Gasteiger partial charge in [0.25, 0.3) is 10.0 Å². The maximum absolute atomic E-state index is 13.8. The first-order valence-corrected chi connectivity index (χ1v) is 14.3. The van der Waals surface area contributed by atoms with Crippen molar-refractivity contribution in [2.45, 2.75) is 51.1 Å². The minimum absolute atomic E-state index is 0.0623. The van der Waals surface area contributed by atoms with Crippen molar-refractivity contribution >= 4 is 39.1 Å². The normalized spacial score (nSPS) is 12.2. The highest BCUT2D eigenvalue weighted by atomic mass is 35.5. The maximum Gasteiger partial charge on any atom is 0.264 e. The van der Waals surface area contributed by atoms with Gasteiger partial charge in [-0.25, -0.2) is 8.42 Å². The zero-order valence-electron chi connectivity index (χ0n) is 22.1. The highest BCUT2D eigenvalue weighted by Gasteiger charge is 2.32. The fourth-order valence-corrected chi connectivity index (χ4v) is 5.49. The van der Waals surface area contributed by atoms with Crippen molar-refractivity contribution in [3.8, 4) is 0 Å². The number of sulfonamides is 1. The molecule has 0 bridgehead atoms. The van der Waals surface area contributed by atoms with Gasteiger partial charge in [0.05, 0.1) is 10.6 Å². The van der Waals surface area contributed by atoms with Crippen molar-refractivity contribution in [2.75, 3.05) is 17.4 Å². The first-order chi connectivity index (χ1) is 18.0. The molecule has 3 aromatic carbocycles. The number of hydrogen-bond donors (Lipinski definition) is 1. The summed E-state index contributed by atoms with van der Waals surface area (Å²) in [6.45, 7) is 6.97. The first kappa shape index (κ1) is 29.2. The van der Waals surface area contributed by atoms with E-state index in [2.05, 4.69) is 5.32 Å². The Morgan fingerprint density at radius 1 is 0.895 bits per heavy atom. The van der Waals surface area contributed by atoms with Crippen LogP contribution in [0.25, 0.3) is 0 Å². The van der Waals surface area contributed by atoms with Gasteiger partial charge >= 0.3 is 0 Å². The number of amides is 2. The Morgan fingerprint density at radius 2 is 1.50 bits per heavy atom. The van der Waals surface area contributed by atoms with Crippen molar-refractivity contribution in [1.29, 1.82) is 0 Å². The number of halogens is 1. The molecule has 0 heterocycles. The second-order valence-electron chi connectivity index (χ2n) is 9.46. The van der Waals surface area contributed by atoms with Crippen LogP contribution in [0.1, 0.15) is 31.9 Å². The Labute approximate surface area is 230 Å². The second kappa shape index (κ2) is 12.9. The lowest BCUT2D eigenvalue weighted by molar-refractivity contribution is -0.139. The minimum atomic E-state index is -4.10. The van der Waals surface area contributed by atoms with Crippen LogP contribution in [0.15, 0.2) is 83.8 Å². The summed E-state index contributed by atoms with van der Waals surface area (Å²) in [5.41, 5.74) is 2.21. The van der Waals surface area contributed by atoms with E-state index >= 15 is 0 Å². The first-order valence-electron chi connectivity index (χ1n) is 12.5. The van der Waals surface area contributed by atoms with Crippen LogP contribution in [0, 0.1) is 6.92 Å². The van der Waals surface area contributed by atoms with Gasteiger partial charge in [-0.15, -0.1) is 0 Å². The van der Waals surface area contributed by atoms with Crippen LogP contribution in [0.4, 0.5) is 5.69 Å². The molecule has 2 amide bonds. The van der Waals surface area contributed by atoms with E-state index in [1.165, 1.54) is 17.0 Å². The third kappa shape index (κ3) is 7.58. The Bertz CT molecular complexity index is 1330. The molecular weight excluding hydrogens is 522 g/mol. The zero-order valence-corrected chi connectivity index (χ0v) is 23.7. The molecule has 0 spiro atoms. The maximum atomic E-state index is 13.8. The fourth-order valence-electron chi connectivity index (χ4n) is 3.95. The molecule has 202 valence electrons. The quantitative estimate of drug-likeness (QED) is 0.367. The molecule has 3 aromatic rings. The van der Waals surface area contributed by atoms with E-state index in [0.717, 1.165) is 15.4 Å². The van der Waals surface area contributed by atoms with Crippen molar-refractivity contribution in [1.82, 2.24) is 10.2 Å². The van der Waals surface area contributed by atoms with Gasteiger partial charge < -0.3 is 10.2 Å². The lowest BCUT2D eigenvalue weighted by atomic mass is 10.1. The number of carbonyl (C=O) groups is 2. The minimum Gasteiger partial charge on any atom is -0.352 e. The molecule has 1 N–H and O–H groups in total. The van der Waals surface area contributed by atoms with Crippen molar-refractivity contribution in [3.05, 3.63) is 95.0 Å². The Morgan fingerprint density at radius 3 is 2.08 bits per heavy atom. The average Bonchev–Trinajstić information content (AvgIpc) is 2.88. The number of benzene rings is 3. The molecule has 1 atom stereocenters. The third-order valence-electron chi connectivity index (χ3n) is 6.08. The third-order valence-corrected chi connectivity index (χ3v) is 8.12. The fraction of sp³-hybridized carbons (Fsp3) is 0.310. The summed E-state index contributed by atoms with van der Waals surface area (Å²) in [7, 11) is -4.10. The molecule has 0 aliphatic carbocycles. The number of nitrogens with one attached hydrogen (secondary N) is 1. The Kier molecular flexibility index (Phi) is 9.94. The van der Waals surface area contributed by atoms with Gasteiger partial charge in [0, 0.05) is 17.6 Å². The number of hydrogen-bond acceptors (Lipinski definition) is 4. The lowest BCUT2D eigenvalue weighted by Gasteiger charge is -2.32. The Hall–Kier alpha value is -3.36. The van der Waals surface area contributed by atoms with E-state index in [1.54, 1.807) is 43.3 Å². The highest BCUT2D eigenvalue weighted by molar-refractivity contribution is 7.92. The van der Waals surface area contributed by atoms with E-state index in [-0.39, 0.29) is 23.4 Å². The molecule has 9 heteroatoms. The van der Waals surface area contributed by atoms with Gasteiger partial charge in [-0.05, 0) is 76.1 Å². The van der Waals surface area contributed by atoms with E-state index in [4.69, 9.17) is 11.6 Å². The largest absolute Gasteiger partial charge is 0.352 e. The smallest absolute Gasteiger partial charge is 0.264 e. The molecule has 7 nitrogen and oxygen atoms in total. The van der Waals surface area contributed by atoms with Gasteiger partial charge in [-0.3, -0.25) is 13.9 Å². The summed E-state index contributed by atoms with van der Waals surface area (Å²) >= 11 is 6.05. The number of rotatable bonds is 11. The molecule has 0 aliphatic rings. The molecule has 38 heavy (non-hydrogen) atoms. The summed E-state index contributed by atoms with van der Waals surface area (Å²) < 4.78 is 28.6. The molecule has 0 radical (unpaired) electrons. The summed E-state index contributed by atoms with van der Waals surface area (Å²) in [4.78, 5) is 28.2. The highest BCUT2D eigenvalue weighted by Crippen LogP contribution is 2.26. The average molecular weight is 556 g/mol. The number of anilines is 1. The lowest BCUT2D eigenvalue weighted by Crippen LogP contribution is -2.53. The van der Waals surface area contributed by atoms with E-state index in [0.29, 0.717) is 17.1 Å². The molecule has 0 saturated heterocycles. The molecule has 0 fully saturated rings. The monoisotopic (exact) mass is 555 g/mol. The van der Waals surface area contributed by atoms with Crippen molar-refractivity contribution in [3.63, 3.8) is 0 Å². The summed E-state index contributed by atoms with van der Waals surface area (Å²) in [6, 6.07) is 21.4. The standard InChI is InChI=1S/C29H34ClN3O4S/c1-21(2)31-29(35)23(4)32(19-18-24-8-6-5-7-9-24)28(34)20-33(26-14-12-25(30)13-15-26)38(36,37)27-16-10-22(3)11-17-27/h5-17,21,23H,18-20H2,1-4H3,(H,31,35)/t23-/m1/s1. The second-order valence-corrected chi connectivity index (χ2v) is 11.8. The molecular formula is C29H34ClN3O4S. The molecule has 3 rings (SSSR count). The van der Waals surface area contributed by atoms with Crippen LogP contribution in [-0.2, 0) is 26.0 Å². The number of carbonyl (C=O) groups excluding carboxylic acids is 2.